The third kappa shape index (κ3) is 3.52. The molecule has 0 saturated carbocycles. The first-order chi connectivity index (χ1) is 6.76. The van der Waals surface area contributed by atoms with E-state index in [0.717, 1.165) is 0 Å². The first kappa shape index (κ1) is 11.3. The lowest BCUT2D eigenvalue weighted by atomic mass is 10.1. The Morgan fingerprint density at radius 1 is 1.36 bits per heavy atom. The van der Waals surface area contributed by atoms with Crippen LogP contribution in [0.2, 0.25) is 0 Å². The van der Waals surface area contributed by atoms with Crippen molar-refractivity contribution in [2.75, 3.05) is 13.0 Å². The fraction of sp³-hybridized carbons (Fsp3) is 0.333. The van der Waals surface area contributed by atoms with Crippen LogP contribution in [-0.2, 0) is 11.3 Å². The van der Waals surface area contributed by atoms with Crippen molar-refractivity contribution in [1.29, 1.82) is 0 Å². The number of ether oxygens (including phenoxy) is 1. The van der Waals surface area contributed by atoms with Crippen molar-refractivity contribution >= 4 is 17.7 Å². The smallest absolute Gasteiger partial charge is 0.0713 e. The maximum Gasteiger partial charge on any atom is 0.0713 e. The molecule has 0 aliphatic heterocycles. The zero-order valence-electron chi connectivity index (χ0n) is 8.59. The van der Waals surface area contributed by atoms with Gasteiger partial charge in [-0.15, -0.1) is 11.6 Å². The van der Waals surface area contributed by atoms with Gasteiger partial charge in [0.15, 0.2) is 0 Å². The molecule has 0 atom stereocenters. The van der Waals surface area contributed by atoms with E-state index in [1.165, 1.54) is 16.7 Å². The van der Waals surface area contributed by atoms with Crippen molar-refractivity contribution in [2.45, 2.75) is 13.5 Å². The topological polar surface area (TPSA) is 9.23 Å². The van der Waals surface area contributed by atoms with Crippen LogP contribution in [0.5, 0.6) is 0 Å². The second kappa shape index (κ2) is 5.84. The Hall–Kier alpha value is -0.790. The van der Waals surface area contributed by atoms with E-state index in [2.05, 4.69) is 30.3 Å². The van der Waals surface area contributed by atoms with Crippen LogP contribution in [0, 0.1) is 0 Å². The van der Waals surface area contributed by atoms with E-state index in [-0.39, 0.29) is 0 Å². The van der Waals surface area contributed by atoms with Gasteiger partial charge in [-0.3, -0.25) is 0 Å². The van der Waals surface area contributed by atoms with Crippen LogP contribution in [0.3, 0.4) is 0 Å². The number of allylic oxidation sites excluding steroid dienone is 1. The lowest BCUT2D eigenvalue weighted by molar-refractivity contribution is 0.185. The van der Waals surface area contributed by atoms with Crippen molar-refractivity contribution in [1.82, 2.24) is 0 Å². The van der Waals surface area contributed by atoms with Crippen LogP contribution in [0.4, 0.5) is 0 Å². The van der Waals surface area contributed by atoms with E-state index in [0.29, 0.717) is 12.5 Å². The molecule has 0 unspecified atom stereocenters. The monoisotopic (exact) mass is 210 g/mol. The Bertz CT molecular complexity index is 301. The first-order valence-corrected chi connectivity index (χ1v) is 5.10. The van der Waals surface area contributed by atoms with Crippen molar-refractivity contribution in [3.63, 3.8) is 0 Å². The summed E-state index contributed by atoms with van der Waals surface area (Å²) < 4.78 is 5.03. The maximum atomic E-state index is 5.69. The second-order valence-electron chi connectivity index (χ2n) is 3.30. The number of hydrogen-bond donors (Lipinski definition) is 0. The summed E-state index contributed by atoms with van der Waals surface area (Å²) >= 11 is 5.69. The molecule has 0 amide bonds. The average molecular weight is 211 g/mol. The van der Waals surface area contributed by atoms with E-state index in [1.807, 2.05) is 6.92 Å². The molecule has 0 aromatic heterocycles. The zero-order valence-corrected chi connectivity index (χ0v) is 9.34. The summed E-state index contributed by atoms with van der Waals surface area (Å²) in [6.07, 6.45) is 2.09. The number of halogens is 1. The van der Waals surface area contributed by atoms with E-state index < -0.39 is 0 Å². The van der Waals surface area contributed by atoms with Gasteiger partial charge in [-0.05, 0) is 18.1 Å². The Morgan fingerprint density at radius 3 is 2.50 bits per heavy atom. The largest absolute Gasteiger partial charge is 0.380 e. The lowest BCUT2D eigenvalue weighted by Crippen LogP contribution is -1.86. The maximum absolute atomic E-state index is 5.69. The summed E-state index contributed by atoms with van der Waals surface area (Å²) in [5, 5.41) is 0. The molecule has 0 N–H and O–H groups in total. The molecular weight excluding hydrogens is 196 g/mol. The molecule has 0 aliphatic rings. The van der Waals surface area contributed by atoms with Crippen molar-refractivity contribution in [3.05, 3.63) is 41.0 Å². The van der Waals surface area contributed by atoms with Crippen LogP contribution in [0.1, 0.15) is 18.1 Å². The van der Waals surface area contributed by atoms with Gasteiger partial charge in [0.2, 0.25) is 0 Å². The normalized spacial score (nSPS) is 11.8. The molecule has 14 heavy (non-hydrogen) atoms. The van der Waals surface area contributed by atoms with Gasteiger partial charge in [0.25, 0.3) is 0 Å². The third-order valence-corrected chi connectivity index (χ3v) is 2.34. The Morgan fingerprint density at radius 2 is 2.00 bits per heavy atom. The second-order valence-corrected chi connectivity index (χ2v) is 3.57. The fourth-order valence-electron chi connectivity index (χ4n) is 1.20. The van der Waals surface area contributed by atoms with Crippen molar-refractivity contribution in [3.8, 4) is 0 Å². The minimum Gasteiger partial charge on any atom is -0.380 e. The number of alkyl halides is 1. The van der Waals surface area contributed by atoms with Gasteiger partial charge in [0.05, 0.1) is 6.61 Å². The highest BCUT2D eigenvalue weighted by atomic mass is 35.5. The summed E-state index contributed by atoms with van der Waals surface area (Å²) in [5.41, 5.74) is 3.54. The standard InChI is InChI=1S/C12H15ClO/c1-10(8-13)7-11-3-5-12(6-4-11)9-14-2/h3-7H,8-9H2,1-2H3. The van der Waals surface area contributed by atoms with E-state index in [9.17, 15) is 0 Å². The van der Waals surface area contributed by atoms with Gasteiger partial charge >= 0.3 is 0 Å². The molecule has 0 bridgehead atoms. The molecule has 0 spiro atoms. The van der Waals surface area contributed by atoms with Gasteiger partial charge in [-0.2, -0.15) is 0 Å². The zero-order chi connectivity index (χ0) is 10.4. The predicted molar refractivity (Wildman–Crippen MR) is 61.5 cm³/mol. The van der Waals surface area contributed by atoms with Crippen LogP contribution in [-0.4, -0.2) is 13.0 Å². The van der Waals surface area contributed by atoms with Crippen molar-refractivity contribution in [2.24, 2.45) is 0 Å². The van der Waals surface area contributed by atoms with Crippen LogP contribution in [0.25, 0.3) is 6.08 Å². The summed E-state index contributed by atoms with van der Waals surface area (Å²) in [5.74, 6) is 0.583. The van der Waals surface area contributed by atoms with Gasteiger partial charge in [-0.25, -0.2) is 0 Å². The predicted octanol–water partition coefficient (Wildman–Crippen LogP) is 3.48. The molecule has 1 aromatic rings. The lowest BCUT2D eigenvalue weighted by Gasteiger charge is -2.00. The Balaban J connectivity index is 2.73. The van der Waals surface area contributed by atoms with Crippen LogP contribution in [0.15, 0.2) is 29.8 Å². The highest BCUT2D eigenvalue weighted by Gasteiger charge is 1.92. The summed E-state index contributed by atoms with van der Waals surface area (Å²) in [4.78, 5) is 0. The third-order valence-electron chi connectivity index (χ3n) is 1.91. The SMILES string of the molecule is COCc1ccc(C=C(C)CCl)cc1. The molecule has 0 radical (unpaired) electrons. The first-order valence-electron chi connectivity index (χ1n) is 4.57. The molecular formula is C12H15ClO. The average Bonchev–Trinajstić information content (AvgIpc) is 2.21. The minimum absolute atomic E-state index is 0.583. The molecule has 1 aromatic carbocycles. The molecule has 0 saturated heterocycles. The van der Waals surface area contributed by atoms with Crippen LogP contribution >= 0.6 is 11.6 Å². The van der Waals surface area contributed by atoms with E-state index in [4.69, 9.17) is 16.3 Å². The summed E-state index contributed by atoms with van der Waals surface area (Å²) in [6.45, 7) is 2.69. The molecule has 76 valence electrons. The number of rotatable bonds is 4. The molecule has 1 nitrogen and oxygen atoms in total. The van der Waals surface area contributed by atoms with Gasteiger partial charge < -0.3 is 4.74 Å². The summed E-state index contributed by atoms with van der Waals surface area (Å²) in [7, 11) is 1.70. The quantitative estimate of drug-likeness (QED) is 0.692. The minimum atomic E-state index is 0.583. The fourth-order valence-corrected chi connectivity index (χ4v) is 1.28. The Kier molecular flexibility index (Phi) is 4.71. The molecule has 2 heteroatoms. The van der Waals surface area contributed by atoms with Gasteiger partial charge in [-0.1, -0.05) is 35.9 Å². The number of methoxy groups -OCH3 is 1. The highest BCUT2D eigenvalue weighted by Crippen LogP contribution is 2.10. The summed E-state index contributed by atoms with van der Waals surface area (Å²) in [6, 6.07) is 8.28. The molecule has 0 heterocycles. The molecule has 1 rings (SSSR count). The van der Waals surface area contributed by atoms with Gasteiger partial charge in [0.1, 0.15) is 0 Å². The van der Waals surface area contributed by atoms with Gasteiger partial charge in [0, 0.05) is 13.0 Å². The van der Waals surface area contributed by atoms with Crippen molar-refractivity contribution < 1.29 is 4.74 Å². The Labute approximate surface area is 90.3 Å². The highest BCUT2D eigenvalue weighted by molar-refractivity contribution is 6.19. The number of hydrogen-bond acceptors (Lipinski definition) is 1. The van der Waals surface area contributed by atoms with E-state index >= 15 is 0 Å². The molecule has 0 aliphatic carbocycles. The molecule has 0 fully saturated rings. The van der Waals surface area contributed by atoms with Crippen LogP contribution < -0.4 is 0 Å². The van der Waals surface area contributed by atoms with E-state index in [1.54, 1.807) is 7.11 Å². The number of benzene rings is 1.